The maximum atomic E-state index is 9.82. The molecule has 8 heteroatoms. The Morgan fingerprint density at radius 2 is 2.16 bits per heavy atom. The molecule has 0 spiro atoms. The van der Waals surface area contributed by atoms with Gasteiger partial charge in [-0.15, -0.1) is 12.3 Å². The second kappa shape index (κ2) is 7.96. The minimum absolute atomic E-state index is 0.257. The van der Waals surface area contributed by atoms with Crippen molar-refractivity contribution in [2.45, 2.75) is 43.5 Å². The maximum absolute atomic E-state index is 9.82. The van der Waals surface area contributed by atoms with Crippen LogP contribution in [0.5, 0.6) is 0 Å². The lowest BCUT2D eigenvalue weighted by Crippen LogP contribution is -2.58. The van der Waals surface area contributed by atoms with E-state index in [1.54, 1.807) is 0 Å². The molecule has 1 aliphatic rings. The van der Waals surface area contributed by atoms with Gasteiger partial charge in [-0.25, -0.2) is 0 Å². The summed E-state index contributed by atoms with van der Waals surface area (Å²) in [6.07, 6.45) is 1.49. The van der Waals surface area contributed by atoms with Crippen LogP contribution in [-0.2, 0) is 9.47 Å². The van der Waals surface area contributed by atoms with E-state index in [1.807, 2.05) is 0 Å². The van der Waals surface area contributed by atoms with Crippen molar-refractivity contribution in [2.24, 2.45) is 5.11 Å². The lowest BCUT2D eigenvalue weighted by Gasteiger charge is -2.40. The summed E-state index contributed by atoms with van der Waals surface area (Å²) in [6, 6.07) is -1.08. The molecular formula is C11H17N3O5. The van der Waals surface area contributed by atoms with Gasteiger partial charge in [-0.2, -0.15) is 0 Å². The average molecular weight is 271 g/mol. The van der Waals surface area contributed by atoms with Crippen molar-refractivity contribution >= 4 is 0 Å². The van der Waals surface area contributed by atoms with E-state index in [-0.39, 0.29) is 6.61 Å². The minimum atomic E-state index is -1.36. The molecule has 5 atom stereocenters. The van der Waals surface area contributed by atoms with Crippen LogP contribution in [0.4, 0.5) is 0 Å². The molecule has 3 N–H and O–H groups in total. The van der Waals surface area contributed by atoms with Crippen molar-refractivity contribution in [3.63, 3.8) is 0 Å². The van der Waals surface area contributed by atoms with Gasteiger partial charge in [0, 0.05) is 11.3 Å². The van der Waals surface area contributed by atoms with Crippen LogP contribution in [0.2, 0.25) is 0 Å². The number of ether oxygens (including phenoxy) is 2. The highest BCUT2D eigenvalue weighted by atomic mass is 16.7. The number of aliphatic hydroxyl groups is 3. The monoisotopic (exact) mass is 271 g/mol. The van der Waals surface area contributed by atoms with E-state index >= 15 is 0 Å². The molecule has 1 fully saturated rings. The third-order valence-electron chi connectivity index (χ3n) is 2.78. The summed E-state index contributed by atoms with van der Waals surface area (Å²) in [7, 11) is 0. The van der Waals surface area contributed by atoms with Crippen molar-refractivity contribution in [3.8, 4) is 12.3 Å². The van der Waals surface area contributed by atoms with Gasteiger partial charge in [0.1, 0.15) is 18.2 Å². The summed E-state index contributed by atoms with van der Waals surface area (Å²) in [6.45, 7) is -0.224. The van der Waals surface area contributed by atoms with Gasteiger partial charge in [0.05, 0.1) is 19.3 Å². The Morgan fingerprint density at radius 1 is 1.42 bits per heavy atom. The fraction of sp³-hybridized carbons (Fsp3) is 0.818. The summed E-state index contributed by atoms with van der Waals surface area (Å²) in [5, 5.41) is 31.9. The molecule has 3 unspecified atom stereocenters. The highest BCUT2D eigenvalue weighted by molar-refractivity contribution is 4.93. The van der Waals surface area contributed by atoms with Crippen molar-refractivity contribution in [2.75, 3.05) is 13.2 Å². The highest BCUT2D eigenvalue weighted by Crippen LogP contribution is 2.24. The summed E-state index contributed by atoms with van der Waals surface area (Å²) in [5.74, 6) is 2.45. The Hall–Kier alpha value is -1.33. The topological polar surface area (TPSA) is 128 Å². The van der Waals surface area contributed by atoms with Gasteiger partial charge in [0.2, 0.25) is 0 Å². The Morgan fingerprint density at radius 3 is 2.74 bits per heavy atom. The molecule has 1 heterocycles. The van der Waals surface area contributed by atoms with Gasteiger partial charge in [0.25, 0.3) is 0 Å². The summed E-state index contributed by atoms with van der Waals surface area (Å²) >= 11 is 0. The fourth-order valence-electron chi connectivity index (χ4n) is 1.76. The van der Waals surface area contributed by atoms with Gasteiger partial charge < -0.3 is 24.8 Å². The van der Waals surface area contributed by atoms with Crippen LogP contribution in [0.1, 0.15) is 12.8 Å². The van der Waals surface area contributed by atoms with Crippen molar-refractivity contribution < 1.29 is 24.8 Å². The molecule has 0 aromatic rings. The predicted molar refractivity (Wildman–Crippen MR) is 64.7 cm³/mol. The van der Waals surface area contributed by atoms with Crippen LogP contribution < -0.4 is 0 Å². The van der Waals surface area contributed by atoms with Crippen LogP contribution in [0, 0.1) is 12.3 Å². The maximum Gasteiger partial charge on any atom is 0.169 e. The third-order valence-corrected chi connectivity index (χ3v) is 2.78. The van der Waals surface area contributed by atoms with Crippen molar-refractivity contribution in [3.05, 3.63) is 10.4 Å². The Balaban J connectivity index is 2.67. The Bertz CT molecular complexity index is 366. The van der Waals surface area contributed by atoms with Crippen LogP contribution in [0.3, 0.4) is 0 Å². The molecule has 0 aliphatic carbocycles. The molecule has 1 rings (SSSR count). The van der Waals surface area contributed by atoms with E-state index in [0.717, 1.165) is 0 Å². The Labute approximate surface area is 110 Å². The van der Waals surface area contributed by atoms with Crippen molar-refractivity contribution in [1.29, 1.82) is 0 Å². The second-order valence-electron chi connectivity index (χ2n) is 4.08. The number of nitrogens with zero attached hydrogens (tertiary/aromatic N) is 3. The third kappa shape index (κ3) is 4.08. The molecule has 0 radical (unpaired) electrons. The molecule has 0 aromatic carbocycles. The molecule has 8 nitrogen and oxygen atoms in total. The molecule has 1 aliphatic heterocycles. The van der Waals surface area contributed by atoms with Gasteiger partial charge in [-0.1, -0.05) is 5.11 Å². The lowest BCUT2D eigenvalue weighted by molar-refractivity contribution is -0.265. The number of hydrogen-bond acceptors (Lipinski definition) is 6. The van der Waals surface area contributed by atoms with Gasteiger partial charge in [-0.05, 0) is 12.0 Å². The first-order valence-corrected chi connectivity index (χ1v) is 5.87. The van der Waals surface area contributed by atoms with E-state index in [9.17, 15) is 10.2 Å². The molecule has 106 valence electrons. The molecule has 0 amide bonds. The van der Waals surface area contributed by atoms with Crippen LogP contribution in [0.25, 0.3) is 10.4 Å². The molecule has 0 bridgehead atoms. The number of unbranched alkanes of at least 4 members (excludes halogenated alkanes) is 1. The SMILES string of the molecule is C#CCCCOC1OC(CO)[C@H](O)[C@H](O)C1N=[N+]=[N-]. The van der Waals surface area contributed by atoms with Crippen LogP contribution >= 0.6 is 0 Å². The normalized spacial score (nSPS) is 34.3. The summed E-state index contributed by atoms with van der Waals surface area (Å²) in [4.78, 5) is 2.59. The van der Waals surface area contributed by atoms with Crippen molar-refractivity contribution in [1.82, 2.24) is 0 Å². The van der Waals surface area contributed by atoms with Gasteiger partial charge in [0.15, 0.2) is 6.29 Å². The standard InChI is InChI=1S/C11H17N3O5/c1-2-3-4-5-18-11-8(13-14-12)10(17)9(16)7(6-15)19-11/h1,7-11,15-17H,3-6H2/t7?,8?,9-,10+,11?/m0/s1. The Kier molecular flexibility index (Phi) is 6.59. The van der Waals surface area contributed by atoms with Crippen LogP contribution in [-0.4, -0.2) is 59.2 Å². The zero-order valence-corrected chi connectivity index (χ0v) is 10.3. The van der Waals surface area contributed by atoms with E-state index in [4.69, 9.17) is 26.5 Å². The molecule has 1 saturated heterocycles. The predicted octanol–water partition coefficient (Wildman–Crippen LogP) is -0.466. The first kappa shape index (κ1) is 15.7. The van der Waals surface area contributed by atoms with Gasteiger partial charge in [-0.3, -0.25) is 0 Å². The quantitative estimate of drug-likeness (QED) is 0.198. The number of rotatable bonds is 6. The van der Waals surface area contributed by atoms with Gasteiger partial charge >= 0.3 is 0 Å². The first-order chi connectivity index (χ1) is 9.15. The number of azide groups is 1. The molecule has 0 saturated carbocycles. The number of hydrogen-bond donors (Lipinski definition) is 3. The molecular weight excluding hydrogens is 254 g/mol. The first-order valence-electron chi connectivity index (χ1n) is 5.87. The van der Waals surface area contributed by atoms with E-state index in [0.29, 0.717) is 12.8 Å². The number of terminal acetylenes is 1. The van der Waals surface area contributed by atoms with E-state index in [2.05, 4.69) is 15.9 Å². The van der Waals surface area contributed by atoms with E-state index in [1.165, 1.54) is 0 Å². The fourth-order valence-corrected chi connectivity index (χ4v) is 1.76. The zero-order chi connectivity index (χ0) is 14.3. The largest absolute Gasteiger partial charge is 0.394 e. The number of aliphatic hydroxyl groups excluding tert-OH is 3. The van der Waals surface area contributed by atoms with E-state index < -0.39 is 37.3 Å². The lowest BCUT2D eigenvalue weighted by atomic mass is 9.98. The highest BCUT2D eigenvalue weighted by Gasteiger charge is 2.44. The molecule has 19 heavy (non-hydrogen) atoms. The minimum Gasteiger partial charge on any atom is -0.394 e. The smallest absolute Gasteiger partial charge is 0.169 e. The molecule has 0 aromatic heterocycles. The van der Waals surface area contributed by atoms with Crippen LogP contribution in [0.15, 0.2) is 5.11 Å². The zero-order valence-electron chi connectivity index (χ0n) is 10.3. The average Bonchev–Trinajstić information content (AvgIpc) is 2.42. The summed E-state index contributed by atoms with van der Waals surface area (Å²) < 4.78 is 10.6. The second-order valence-corrected chi connectivity index (χ2v) is 4.08. The summed E-state index contributed by atoms with van der Waals surface area (Å²) in [5.41, 5.74) is 8.45.